The van der Waals surface area contributed by atoms with Gasteiger partial charge in [0.2, 0.25) is 5.95 Å². The first kappa shape index (κ1) is 20.5. The van der Waals surface area contributed by atoms with Gasteiger partial charge in [0, 0.05) is 54.7 Å². The van der Waals surface area contributed by atoms with Crippen molar-refractivity contribution >= 4 is 11.9 Å². The number of esters is 1. The number of ether oxygens (including phenoxy) is 1. The number of likely N-dealkylation sites (N-methyl/N-ethyl adjacent to an activating group) is 1. The molecule has 1 fully saturated rings. The number of hydrogen-bond acceptors (Lipinski definition) is 7. The molecule has 1 saturated heterocycles. The maximum atomic E-state index is 13.2. The normalized spacial score (nSPS) is 20.2. The van der Waals surface area contributed by atoms with Crippen LogP contribution in [0.5, 0.6) is 0 Å². The Balaban J connectivity index is 1.56. The summed E-state index contributed by atoms with van der Waals surface area (Å²) in [7, 11) is 3.19. The monoisotopic (exact) mass is 411 g/mol. The van der Waals surface area contributed by atoms with Crippen LogP contribution in [0.4, 0.5) is 5.95 Å². The molecule has 30 heavy (non-hydrogen) atoms. The summed E-state index contributed by atoms with van der Waals surface area (Å²) >= 11 is 0. The Hall–Kier alpha value is -2.74. The third-order valence-electron chi connectivity index (χ3n) is 6.00. The van der Waals surface area contributed by atoms with Gasteiger partial charge in [0.05, 0.1) is 13.7 Å². The highest BCUT2D eigenvalue weighted by molar-refractivity contribution is 5.71. The summed E-state index contributed by atoms with van der Waals surface area (Å²) in [5.41, 5.74) is 3.80. The van der Waals surface area contributed by atoms with Crippen molar-refractivity contribution < 1.29 is 9.53 Å². The number of aryl methyl sites for hydroxylation is 2. The van der Waals surface area contributed by atoms with E-state index in [9.17, 15) is 9.59 Å². The van der Waals surface area contributed by atoms with Gasteiger partial charge in [-0.15, -0.1) is 0 Å². The number of fused-ring (bicyclic) bond motifs is 4. The van der Waals surface area contributed by atoms with Gasteiger partial charge in [-0.1, -0.05) is 6.07 Å². The van der Waals surface area contributed by atoms with Crippen molar-refractivity contribution in [3.8, 4) is 0 Å². The molecule has 2 aliphatic rings. The van der Waals surface area contributed by atoms with Crippen LogP contribution in [0.2, 0.25) is 0 Å². The summed E-state index contributed by atoms with van der Waals surface area (Å²) in [6.07, 6.45) is 1.09. The predicted octanol–water partition coefficient (Wildman–Crippen LogP) is 1.48. The number of nitrogens with zero attached hydrogens (tertiary/aromatic N) is 5. The number of piperidine rings is 1. The smallest absolute Gasteiger partial charge is 0.319 e. The van der Waals surface area contributed by atoms with E-state index in [-0.39, 0.29) is 24.0 Å². The maximum Gasteiger partial charge on any atom is 0.319 e. The number of hydrogen-bond donors (Lipinski definition) is 0. The second-order valence-electron chi connectivity index (χ2n) is 8.60. The Labute approximate surface area is 176 Å². The zero-order valence-electron chi connectivity index (χ0n) is 18.1. The summed E-state index contributed by atoms with van der Waals surface area (Å²) < 4.78 is 6.66. The van der Waals surface area contributed by atoms with E-state index in [1.165, 1.54) is 7.11 Å². The molecule has 2 aliphatic heterocycles. The number of rotatable bonds is 5. The molecule has 160 valence electrons. The molecule has 2 bridgehead atoms. The second kappa shape index (κ2) is 8.18. The van der Waals surface area contributed by atoms with Gasteiger partial charge in [-0.05, 0) is 45.4 Å². The lowest BCUT2D eigenvalue weighted by Gasteiger charge is -2.43. The first-order chi connectivity index (χ1) is 14.3. The summed E-state index contributed by atoms with van der Waals surface area (Å²) in [4.78, 5) is 38.0. The quantitative estimate of drug-likeness (QED) is 0.690. The molecule has 8 heteroatoms. The van der Waals surface area contributed by atoms with Gasteiger partial charge in [-0.25, -0.2) is 9.97 Å². The Bertz CT molecular complexity index is 998. The SMILES string of the molecule is COC(=O)CN(C)Cc1ccc2n(c1=O)C[C@H]1C[C@@H]2CN(c2nc(C)cc(C)n2)C1. The molecule has 0 saturated carbocycles. The standard InChI is InChI=1S/C22H29N5O3/c1-14-7-15(2)24-22(23-14)26-9-16-8-18(12-26)19-6-5-17(21(29)27(19)10-16)11-25(3)13-20(28)30-4/h5-7,16,18H,8-13H2,1-4H3/t16-,18+/m0/s1. The zero-order chi connectivity index (χ0) is 21.4. The largest absolute Gasteiger partial charge is 0.468 e. The van der Waals surface area contributed by atoms with Gasteiger partial charge in [-0.2, -0.15) is 0 Å². The number of carbonyl (C=O) groups is 1. The van der Waals surface area contributed by atoms with Crippen LogP contribution in [0, 0.1) is 19.8 Å². The van der Waals surface area contributed by atoms with E-state index in [0.717, 1.165) is 42.5 Å². The van der Waals surface area contributed by atoms with Crippen LogP contribution in [-0.4, -0.2) is 59.2 Å². The van der Waals surface area contributed by atoms with E-state index in [1.54, 1.807) is 4.90 Å². The minimum Gasteiger partial charge on any atom is -0.468 e. The van der Waals surface area contributed by atoms with Gasteiger partial charge < -0.3 is 14.2 Å². The fourth-order valence-corrected chi connectivity index (χ4v) is 4.76. The highest BCUT2D eigenvalue weighted by Crippen LogP contribution is 2.36. The molecule has 4 heterocycles. The van der Waals surface area contributed by atoms with Gasteiger partial charge >= 0.3 is 5.97 Å². The Kier molecular flexibility index (Phi) is 5.60. The van der Waals surface area contributed by atoms with Gasteiger partial charge in [-0.3, -0.25) is 14.5 Å². The van der Waals surface area contributed by atoms with Crippen molar-refractivity contribution in [1.82, 2.24) is 19.4 Å². The average Bonchev–Trinajstić information content (AvgIpc) is 2.69. The van der Waals surface area contributed by atoms with Crippen molar-refractivity contribution in [3.05, 3.63) is 51.2 Å². The van der Waals surface area contributed by atoms with Crippen LogP contribution in [0.25, 0.3) is 0 Å². The van der Waals surface area contributed by atoms with Crippen molar-refractivity contribution in [1.29, 1.82) is 0 Å². The van der Waals surface area contributed by atoms with Crippen LogP contribution in [-0.2, 0) is 22.6 Å². The highest BCUT2D eigenvalue weighted by Gasteiger charge is 2.36. The molecule has 2 atom stereocenters. The molecule has 0 aromatic carbocycles. The maximum absolute atomic E-state index is 13.2. The summed E-state index contributed by atoms with van der Waals surface area (Å²) in [5, 5.41) is 0. The molecular weight excluding hydrogens is 382 g/mol. The molecule has 0 unspecified atom stereocenters. The molecule has 4 rings (SSSR count). The summed E-state index contributed by atoms with van der Waals surface area (Å²) in [6, 6.07) is 5.98. The fourth-order valence-electron chi connectivity index (χ4n) is 4.76. The third kappa shape index (κ3) is 4.09. The fraction of sp³-hybridized carbons (Fsp3) is 0.545. The number of carbonyl (C=O) groups excluding carboxylic acids is 1. The van der Waals surface area contributed by atoms with Crippen LogP contribution >= 0.6 is 0 Å². The number of anilines is 1. The Morgan fingerprint density at radius 1 is 1.20 bits per heavy atom. The third-order valence-corrected chi connectivity index (χ3v) is 6.00. The zero-order valence-corrected chi connectivity index (χ0v) is 18.1. The number of aromatic nitrogens is 3. The lowest BCUT2D eigenvalue weighted by Crippen LogP contribution is -2.48. The Morgan fingerprint density at radius 3 is 2.63 bits per heavy atom. The molecule has 2 aromatic heterocycles. The molecule has 0 N–H and O–H groups in total. The minimum absolute atomic E-state index is 0.0509. The van der Waals surface area contributed by atoms with Gasteiger partial charge in [0.1, 0.15) is 0 Å². The van der Waals surface area contributed by atoms with E-state index >= 15 is 0 Å². The molecule has 0 aliphatic carbocycles. The first-order valence-electron chi connectivity index (χ1n) is 10.4. The van der Waals surface area contributed by atoms with E-state index < -0.39 is 0 Å². The second-order valence-corrected chi connectivity index (χ2v) is 8.60. The van der Waals surface area contributed by atoms with Crippen LogP contribution in [0.3, 0.4) is 0 Å². The molecule has 0 radical (unpaired) electrons. The topological polar surface area (TPSA) is 80.6 Å². The lowest BCUT2D eigenvalue weighted by molar-refractivity contribution is -0.141. The minimum atomic E-state index is -0.307. The first-order valence-corrected chi connectivity index (χ1v) is 10.4. The molecule has 0 spiro atoms. The average molecular weight is 412 g/mol. The molecule has 0 amide bonds. The van der Waals surface area contributed by atoms with Gasteiger partial charge in [0.25, 0.3) is 5.56 Å². The van der Waals surface area contributed by atoms with Crippen LogP contribution < -0.4 is 10.5 Å². The number of methoxy groups -OCH3 is 1. The van der Waals surface area contributed by atoms with E-state index in [1.807, 2.05) is 37.6 Å². The van der Waals surface area contributed by atoms with E-state index in [4.69, 9.17) is 4.74 Å². The van der Waals surface area contributed by atoms with Crippen molar-refractivity contribution in [3.63, 3.8) is 0 Å². The molecular formula is C22H29N5O3. The highest BCUT2D eigenvalue weighted by atomic mass is 16.5. The summed E-state index contributed by atoms with van der Waals surface area (Å²) in [5.74, 6) is 1.16. The van der Waals surface area contributed by atoms with Gasteiger partial charge in [0.15, 0.2) is 0 Å². The van der Waals surface area contributed by atoms with Crippen molar-refractivity contribution in [2.24, 2.45) is 5.92 Å². The Morgan fingerprint density at radius 2 is 1.93 bits per heavy atom. The number of pyridine rings is 1. The van der Waals surface area contributed by atoms with Crippen molar-refractivity contribution in [2.45, 2.75) is 39.3 Å². The molecule has 2 aromatic rings. The lowest BCUT2D eigenvalue weighted by atomic mass is 9.83. The van der Waals surface area contributed by atoms with Crippen LogP contribution in [0.15, 0.2) is 23.0 Å². The molecule has 8 nitrogen and oxygen atoms in total. The van der Waals surface area contributed by atoms with Crippen molar-refractivity contribution in [2.75, 3.05) is 38.7 Å². The van der Waals surface area contributed by atoms with Crippen LogP contribution in [0.1, 0.15) is 35.0 Å². The summed E-state index contributed by atoms with van der Waals surface area (Å²) in [6.45, 7) is 6.96. The predicted molar refractivity (Wildman–Crippen MR) is 114 cm³/mol. The van der Waals surface area contributed by atoms with E-state index in [0.29, 0.717) is 24.6 Å². The van der Waals surface area contributed by atoms with E-state index in [2.05, 4.69) is 20.9 Å².